The lowest BCUT2D eigenvalue weighted by Crippen LogP contribution is -2.58. The minimum Gasteiger partial charge on any atom is -0.481 e. The van der Waals surface area contributed by atoms with Crippen molar-refractivity contribution < 1.29 is 34.2 Å². The minimum absolute atomic E-state index is 0.154. The van der Waals surface area contributed by atoms with Gasteiger partial charge in [0.2, 0.25) is 17.7 Å². The van der Waals surface area contributed by atoms with Crippen LogP contribution in [0.4, 0.5) is 0 Å². The highest BCUT2D eigenvalue weighted by Gasteiger charge is 2.31. The minimum atomic E-state index is -1.28. The van der Waals surface area contributed by atoms with Gasteiger partial charge < -0.3 is 37.6 Å². The van der Waals surface area contributed by atoms with Gasteiger partial charge in [-0.15, -0.1) is 0 Å². The SMILES string of the molecule is CC(C)C(NC(=O)C(CCC(=O)O)NC(=O)C(N)CCCCN)C(=O)NC(CS)C(=O)O. The van der Waals surface area contributed by atoms with E-state index in [1.165, 1.54) is 0 Å². The second-order valence-electron chi connectivity index (χ2n) is 7.70. The molecule has 0 heterocycles. The number of nitrogens with two attached hydrogens (primary N) is 2. The van der Waals surface area contributed by atoms with Crippen molar-refractivity contribution in [2.24, 2.45) is 17.4 Å². The maximum Gasteiger partial charge on any atom is 0.327 e. The standard InChI is InChI=1S/C19H35N5O7S/c1-10(2)15(18(29)23-13(9-32)19(30)31)24-17(28)12(6-7-14(25)26)22-16(27)11(21)5-3-4-8-20/h10-13,15,32H,3-9,20-21H2,1-2H3,(H,22,27)(H,23,29)(H,24,28)(H,25,26)(H,30,31). The van der Waals surface area contributed by atoms with Crippen molar-refractivity contribution in [2.75, 3.05) is 12.3 Å². The summed E-state index contributed by atoms with van der Waals surface area (Å²) in [5.41, 5.74) is 11.2. The number of nitrogens with one attached hydrogen (secondary N) is 3. The van der Waals surface area contributed by atoms with Crippen LogP contribution in [0.25, 0.3) is 0 Å². The van der Waals surface area contributed by atoms with Crippen LogP contribution in [-0.4, -0.2) is 76.3 Å². The lowest BCUT2D eigenvalue weighted by molar-refractivity contribution is -0.142. The van der Waals surface area contributed by atoms with Gasteiger partial charge in [0.1, 0.15) is 18.1 Å². The summed E-state index contributed by atoms with van der Waals surface area (Å²) in [5.74, 6) is -5.17. The molecule has 0 aromatic carbocycles. The monoisotopic (exact) mass is 477 g/mol. The molecule has 0 aliphatic carbocycles. The average molecular weight is 478 g/mol. The van der Waals surface area contributed by atoms with Crippen molar-refractivity contribution in [2.45, 2.75) is 70.1 Å². The zero-order chi connectivity index (χ0) is 24.8. The summed E-state index contributed by atoms with van der Waals surface area (Å²) < 4.78 is 0. The average Bonchev–Trinajstić information content (AvgIpc) is 2.71. The molecule has 0 aromatic heterocycles. The summed E-state index contributed by atoms with van der Waals surface area (Å²) in [6.45, 7) is 3.73. The summed E-state index contributed by atoms with van der Waals surface area (Å²) >= 11 is 3.88. The van der Waals surface area contributed by atoms with Crippen LogP contribution in [0.15, 0.2) is 0 Å². The van der Waals surface area contributed by atoms with Crippen molar-refractivity contribution >= 4 is 42.3 Å². The van der Waals surface area contributed by atoms with Crippen molar-refractivity contribution in [3.8, 4) is 0 Å². The van der Waals surface area contributed by atoms with Crippen molar-refractivity contribution in [1.29, 1.82) is 0 Å². The Hall–Kier alpha value is -2.38. The second kappa shape index (κ2) is 15.4. The van der Waals surface area contributed by atoms with Gasteiger partial charge in [0.05, 0.1) is 6.04 Å². The summed E-state index contributed by atoms with van der Waals surface area (Å²) in [6, 6.07) is -4.52. The molecule has 9 N–H and O–H groups in total. The number of aliphatic carboxylic acids is 2. The molecule has 12 nitrogen and oxygen atoms in total. The lowest BCUT2D eigenvalue weighted by Gasteiger charge is -2.26. The molecule has 13 heteroatoms. The van der Waals surface area contributed by atoms with Gasteiger partial charge >= 0.3 is 11.9 Å². The zero-order valence-electron chi connectivity index (χ0n) is 18.4. The Bertz CT molecular complexity index is 662. The Kier molecular flexibility index (Phi) is 14.3. The number of carboxylic acid groups (broad SMARTS) is 2. The van der Waals surface area contributed by atoms with Crippen LogP contribution in [0.1, 0.15) is 46.0 Å². The molecular formula is C19H35N5O7S. The molecule has 3 amide bonds. The number of carbonyl (C=O) groups is 5. The molecule has 0 aliphatic heterocycles. The molecule has 0 saturated heterocycles. The van der Waals surface area contributed by atoms with E-state index < -0.39 is 66.2 Å². The number of amides is 3. The van der Waals surface area contributed by atoms with E-state index >= 15 is 0 Å². The third kappa shape index (κ3) is 11.3. The van der Waals surface area contributed by atoms with Crippen LogP contribution in [0.2, 0.25) is 0 Å². The summed E-state index contributed by atoms with van der Waals surface area (Å²) in [5, 5.41) is 25.3. The number of rotatable bonds is 16. The molecule has 0 fully saturated rings. The molecule has 0 radical (unpaired) electrons. The zero-order valence-corrected chi connectivity index (χ0v) is 19.3. The predicted molar refractivity (Wildman–Crippen MR) is 120 cm³/mol. The first kappa shape index (κ1) is 29.6. The van der Waals surface area contributed by atoms with Crippen LogP contribution in [0, 0.1) is 5.92 Å². The summed E-state index contributed by atoms with van der Waals surface area (Å²) in [4.78, 5) is 59.8. The van der Waals surface area contributed by atoms with Crippen LogP contribution in [-0.2, 0) is 24.0 Å². The largest absolute Gasteiger partial charge is 0.481 e. The third-order valence-corrected chi connectivity index (χ3v) is 5.00. The van der Waals surface area contributed by atoms with Gasteiger partial charge in [0, 0.05) is 12.2 Å². The van der Waals surface area contributed by atoms with Crippen LogP contribution in [0.3, 0.4) is 0 Å². The van der Waals surface area contributed by atoms with E-state index in [1.54, 1.807) is 13.8 Å². The van der Waals surface area contributed by atoms with E-state index in [-0.39, 0.29) is 12.2 Å². The fraction of sp³-hybridized carbons (Fsp3) is 0.737. The second-order valence-corrected chi connectivity index (χ2v) is 8.06. The Morgan fingerprint density at radius 1 is 0.875 bits per heavy atom. The molecule has 184 valence electrons. The van der Waals surface area contributed by atoms with Gasteiger partial charge in [0.15, 0.2) is 0 Å². The normalized spacial score (nSPS) is 14.7. The van der Waals surface area contributed by atoms with Crippen LogP contribution >= 0.6 is 12.6 Å². The molecule has 0 saturated carbocycles. The molecule has 0 bridgehead atoms. The van der Waals surface area contributed by atoms with E-state index in [4.69, 9.17) is 21.7 Å². The number of carbonyl (C=O) groups excluding carboxylic acids is 3. The van der Waals surface area contributed by atoms with Gasteiger partial charge in [-0.25, -0.2) is 4.79 Å². The Labute approximate surface area is 192 Å². The quantitative estimate of drug-likeness (QED) is 0.0950. The Morgan fingerprint density at radius 3 is 1.94 bits per heavy atom. The summed E-state index contributed by atoms with van der Waals surface area (Å²) in [6.07, 6.45) is 1.01. The first-order valence-corrected chi connectivity index (χ1v) is 11.0. The maximum atomic E-state index is 12.8. The molecule has 4 unspecified atom stereocenters. The highest BCUT2D eigenvalue weighted by molar-refractivity contribution is 7.80. The highest BCUT2D eigenvalue weighted by Crippen LogP contribution is 2.07. The van der Waals surface area contributed by atoms with Gasteiger partial charge in [0.25, 0.3) is 0 Å². The molecule has 0 aromatic rings. The predicted octanol–water partition coefficient (Wildman–Crippen LogP) is -1.57. The number of unbranched alkanes of at least 4 members (excludes halogenated alkanes) is 1. The lowest BCUT2D eigenvalue weighted by atomic mass is 10.0. The van der Waals surface area contributed by atoms with Gasteiger partial charge in [-0.3, -0.25) is 19.2 Å². The number of thiol groups is 1. The van der Waals surface area contributed by atoms with E-state index in [2.05, 4.69) is 28.6 Å². The van der Waals surface area contributed by atoms with Gasteiger partial charge in [-0.05, 0) is 31.7 Å². The number of hydrogen-bond acceptors (Lipinski definition) is 8. The Balaban J connectivity index is 5.32. The fourth-order valence-corrected chi connectivity index (χ4v) is 2.94. The molecule has 0 spiro atoms. The summed E-state index contributed by atoms with van der Waals surface area (Å²) in [7, 11) is 0. The molecule has 0 rings (SSSR count). The van der Waals surface area contributed by atoms with E-state index in [0.717, 1.165) is 0 Å². The topological polar surface area (TPSA) is 214 Å². The van der Waals surface area contributed by atoms with E-state index in [0.29, 0.717) is 25.8 Å². The van der Waals surface area contributed by atoms with Crippen molar-refractivity contribution in [1.82, 2.24) is 16.0 Å². The first-order valence-electron chi connectivity index (χ1n) is 10.4. The molecule has 0 aliphatic rings. The van der Waals surface area contributed by atoms with Gasteiger partial charge in [-0.2, -0.15) is 12.6 Å². The Morgan fingerprint density at radius 2 is 1.47 bits per heavy atom. The van der Waals surface area contributed by atoms with Crippen LogP contribution < -0.4 is 27.4 Å². The van der Waals surface area contributed by atoms with Crippen LogP contribution in [0.5, 0.6) is 0 Å². The van der Waals surface area contributed by atoms with E-state index in [9.17, 15) is 24.0 Å². The van der Waals surface area contributed by atoms with Gasteiger partial charge in [-0.1, -0.05) is 20.3 Å². The molecule has 32 heavy (non-hydrogen) atoms. The van der Waals surface area contributed by atoms with Crippen molar-refractivity contribution in [3.63, 3.8) is 0 Å². The van der Waals surface area contributed by atoms with E-state index in [1.807, 2.05) is 0 Å². The van der Waals surface area contributed by atoms with Crippen molar-refractivity contribution in [3.05, 3.63) is 0 Å². The molecule has 4 atom stereocenters. The molecular weight excluding hydrogens is 442 g/mol. The fourth-order valence-electron chi connectivity index (χ4n) is 2.69. The first-order chi connectivity index (χ1) is 14.9. The number of hydrogen-bond donors (Lipinski definition) is 8. The smallest absolute Gasteiger partial charge is 0.327 e. The highest BCUT2D eigenvalue weighted by atomic mass is 32.1. The number of carboxylic acids is 2. The maximum absolute atomic E-state index is 12.8. The third-order valence-electron chi connectivity index (χ3n) is 4.63.